The van der Waals surface area contributed by atoms with Crippen LogP contribution in [0.4, 0.5) is 4.79 Å². The third-order valence-electron chi connectivity index (χ3n) is 2.50. The van der Waals surface area contributed by atoms with Crippen LogP contribution in [0.25, 0.3) is 0 Å². The lowest BCUT2D eigenvalue weighted by Crippen LogP contribution is -2.58. The van der Waals surface area contributed by atoms with Gasteiger partial charge in [0, 0.05) is 11.6 Å². The summed E-state index contributed by atoms with van der Waals surface area (Å²) in [7, 11) is 0. The Morgan fingerprint density at radius 3 is 2.68 bits per heavy atom. The highest BCUT2D eigenvalue weighted by Crippen LogP contribution is 2.05. The molecule has 0 fully saturated rings. The Morgan fingerprint density at radius 2 is 2.05 bits per heavy atom. The first-order valence-electron chi connectivity index (χ1n) is 6.08. The highest BCUT2D eigenvalue weighted by Gasteiger charge is 2.27. The van der Waals surface area contributed by atoms with Gasteiger partial charge in [-0.05, 0) is 13.8 Å². The van der Waals surface area contributed by atoms with Crippen LogP contribution in [0.3, 0.4) is 0 Å². The summed E-state index contributed by atoms with van der Waals surface area (Å²) >= 11 is 0. The van der Waals surface area contributed by atoms with Crippen LogP contribution in [0, 0.1) is 0 Å². The maximum absolute atomic E-state index is 11.9. The molecule has 0 saturated heterocycles. The first-order chi connectivity index (χ1) is 9.08. The molecule has 2 rings (SSSR count). The van der Waals surface area contributed by atoms with E-state index in [4.69, 9.17) is 0 Å². The van der Waals surface area contributed by atoms with Crippen LogP contribution in [-0.4, -0.2) is 35.4 Å². The summed E-state index contributed by atoms with van der Waals surface area (Å²) in [6.45, 7) is 3.62. The van der Waals surface area contributed by atoms with Gasteiger partial charge >= 0.3 is 6.03 Å². The largest absolute Gasteiger partial charge is 0.343 e. The number of hydrazine groups is 1. The predicted octanol–water partition coefficient (Wildman–Crippen LogP) is 0.898. The number of imide groups is 1. The van der Waals surface area contributed by atoms with E-state index in [9.17, 15) is 9.59 Å². The molecule has 0 atom stereocenters. The molecule has 1 aliphatic heterocycles. The van der Waals surface area contributed by atoms with Crippen LogP contribution >= 0.6 is 0 Å². The van der Waals surface area contributed by atoms with E-state index in [1.807, 2.05) is 44.2 Å². The van der Waals surface area contributed by atoms with Gasteiger partial charge in [-0.3, -0.25) is 15.2 Å². The van der Waals surface area contributed by atoms with Crippen LogP contribution < -0.4 is 10.7 Å². The number of nitrogens with one attached hydrogen (secondary N) is 2. The smallest absolute Gasteiger partial charge is 0.334 e. The summed E-state index contributed by atoms with van der Waals surface area (Å²) in [5.74, 6) is 0.136. The standard InChI is InChI=1S/C13H16N4O2/c1-9(2)15-13(19)17-11(18)8-14-12(16-17)10-6-4-3-5-7-10/h3-7,9H,8H2,1-2H3,(H,14,16)(H,15,19). The van der Waals surface area contributed by atoms with Crippen molar-refractivity contribution in [2.45, 2.75) is 19.9 Å². The third kappa shape index (κ3) is 3.09. The molecular weight excluding hydrogens is 244 g/mol. The normalized spacial score (nSPS) is 15.0. The first-order valence-corrected chi connectivity index (χ1v) is 6.08. The molecule has 3 amide bonds. The number of benzene rings is 1. The Kier molecular flexibility index (Phi) is 3.79. The second kappa shape index (κ2) is 5.51. The Hall–Kier alpha value is -2.37. The molecular formula is C13H16N4O2. The van der Waals surface area contributed by atoms with Gasteiger partial charge in [0.25, 0.3) is 5.91 Å². The summed E-state index contributed by atoms with van der Waals surface area (Å²) < 4.78 is 0. The lowest BCUT2D eigenvalue weighted by molar-refractivity contribution is -0.128. The number of carbonyl (C=O) groups is 2. The molecule has 0 radical (unpaired) electrons. The minimum absolute atomic E-state index is 0.0389. The van der Waals surface area contributed by atoms with E-state index in [0.717, 1.165) is 10.6 Å². The van der Waals surface area contributed by atoms with Crippen LogP contribution in [0.5, 0.6) is 0 Å². The van der Waals surface area contributed by atoms with Crippen molar-refractivity contribution in [1.82, 2.24) is 15.8 Å². The average molecular weight is 260 g/mol. The number of nitrogens with zero attached hydrogens (tertiary/aromatic N) is 2. The lowest BCUT2D eigenvalue weighted by Gasteiger charge is -2.27. The minimum atomic E-state index is -0.469. The van der Waals surface area contributed by atoms with Crippen molar-refractivity contribution in [3.8, 4) is 0 Å². The molecule has 1 aromatic carbocycles. The van der Waals surface area contributed by atoms with Crippen molar-refractivity contribution >= 4 is 17.8 Å². The van der Waals surface area contributed by atoms with E-state index >= 15 is 0 Å². The van der Waals surface area contributed by atoms with Crippen molar-refractivity contribution in [1.29, 1.82) is 0 Å². The molecule has 19 heavy (non-hydrogen) atoms. The molecule has 6 nitrogen and oxygen atoms in total. The second-order valence-electron chi connectivity index (χ2n) is 4.48. The number of aliphatic imine (C=N–C) groups is 1. The van der Waals surface area contributed by atoms with Gasteiger partial charge in [-0.1, -0.05) is 30.3 Å². The molecule has 0 saturated carbocycles. The Balaban J connectivity index is 2.15. The molecule has 0 aromatic heterocycles. The van der Waals surface area contributed by atoms with E-state index in [-0.39, 0.29) is 18.5 Å². The van der Waals surface area contributed by atoms with Crippen molar-refractivity contribution in [3.05, 3.63) is 35.9 Å². The summed E-state index contributed by atoms with van der Waals surface area (Å²) in [6, 6.07) is 8.84. The van der Waals surface area contributed by atoms with Crippen LogP contribution in [0.1, 0.15) is 19.4 Å². The molecule has 0 spiro atoms. The lowest BCUT2D eigenvalue weighted by atomic mass is 10.2. The molecule has 0 unspecified atom stereocenters. The SMILES string of the molecule is CC(C)NC(=O)N1NC(c2ccccc2)=NCC1=O. The third-order valence-corrected chi connectivity index (χ3v) is 2.50. The van der Waals surface area contributed by atoms with Gasteiger partial charge in [-0.25, -0.2) is 4.79 Å². The number of amides is 3. The monoisotopic (exact) mass is 260 g/mol. The second-order valence-corrected chi connectivity index (χ2v) is 4.48. The van der Waals surface area contributed by atoms with Crippen molar-refractivity contribution in [3.63, 3.8) is 0 Å². The minimum Gasteiger partial charge on any atom is -0.334 e. The van der Waals surface area contributed by atoms with E-state index < -0.39 is 6.03 Å². The van der Waals surface area contributed by atoms with Gasteiger partial charge in [0.05, 0.1) is 0 Å². The molecule has 6 heteroatoms. The van der Waals surface area contributed by atoms with Crippen LogP contribution in [-0.2, 0) is 4.79 Å². The van der Waals surface area contributed by atoms with Crippen molar-refractivity contribution < 1.29 is 9.59 Å². The Morgan fingerprint density at radius 1 is 1.37 bits per heavy atom. The number of urea groups is 1. The summed E-state index contributed by atoms with van der Waals surface area (Å²) in [5, 5.41) is 3.63. The fourth-order valence-corrected chi connectivity index (χ4v) is 1.65. The van der Waals surface area contributed by atoms with Gasteiger partial charge in [0.2, 0.25) is 0 Å². The first kappa shape index (κ1) is 13.1. The Labute approximate surface area is 111 Å². The van der Waals surface area contributed by atoms with E-state index in [0.29, 0.717) is 5.84 Å². The number of amidine groups is 1. The number of rotatable bonds is 2. The summed E-state index contributed by atoms with van der Waals surface area (Å²) in [6.07, 6.45) is 0. The zero-order chi connectivity index (χ0) is 13.8. The molecule has 2 N–H and O–H groups in total. The maximum Gasteiger partial charge on any atom is 0.343 e. The topological polar surface area (TPSA) is 73.8 Å². The average Bonchev–Trinajstić information content (AvgIpc) is 2.39. The number of carbonyl (C=O) groups excluding carboxylic acids is 2. The molecule has 1 aromatic rings. The van der Waals surface area contributed by atoms with Gasteiger partial charge in [-0.15, -0.1) is 0 Å². The van der Waals surface area contributed by atoms with Crippen LogP contribution in [0.15, 0.2) is 35.3 Å². The molecule has 0 aliphatic carbocycles. The number of hydrogen-bond donors (Lipinski definition) is 2. The fourth-order valence-electron chi connectivity index (χ4n) is 1.65. The van der Waals surface area contributed by atoms with E-state index in [1.165, 1.54) is 0 Å². The predicted molar refractivity (Wildman–Crippen MR) is 71.5 cm³/mol. The van der Waals surface area contributed by atoms with Gasteiger partial charge < -0.3 is 5.32 Å². The van der Waals surface area contributed by atoms with Crippen molar-refractivity contribution in [2.24, 2.45) is 4.99 Å². The zero-order valence-electron chi connectivity index (χ0n) is 10.9. The fraction of sp³-hybridized carbons (Fsp3) is 0.308. The van der Waals surface area contributed by atoms with Crippen LogP contribution in [0.2, 0.25) is 0 Å². The molecule has 0 bridgehead atoms. The molecule has 1 aliphatic rings. The summed E-state index contributed by atoms with van der Waals surface area (Å²) in [5.41, 5.74) is 3.58. The Bertz CT molecular complexity index is 511. The van der Waals surface area contributed by atoms with E-state index in [2.05, 4.69) is 15.7 Å². The summed E-state index contributed by atoms with van der Waals surface area (Å²) in [4.78, 5) is 27.7. The molecule has 1 heterocycles. The van der Waals surface area contributed by atoms with E-state index in [1.54, 1.807) is 0 Å². The van der Waals surface area contributed by atoms with Gasteiger partial charge in [0.1, 0.15) is 12.4 Å². The van der Waals surface area contributed by atoms with Gasteiger partial charge in [0.15, 0.2) is 0 Å². The number of hydrogen-bond acceptors (Lipinski definition) is 4. The van der Waals surface area contributed by atoms with Gasteiger partial charge in [-0.2, -0.15) is 5.01 Å². The molecule has 100 valence electrons. The highest BCUT2D eigenvalue weighted by atomic mass is 16.2. The maximum atomic E-state index is 11.9. The quantitative estimate of drug-likeness (QED) is 0.829. The van der Waals surface area contributed by atoms with Crippen molar-refractivity contribution in [2.75, 3.05) is 6.54 Å². The zero-order valence-corrected chi connectivity index (χ0v) is 10.9. The highest BCUT2D eigenvalue weighted by molar-refractivity contribution is 6.07.